The quantitative estimate of drug-likeness (QED) is 0.501. The number of nitrogens with two attached hydrogens (primary N) is 1. The Hall–Kier alpha value is -3.25. The molecule has 2 aromatic carbocycles. The second-order valence-corrected chi connectivity index (χ2v) is 7.30. The van der Waals surface area contributed by atoms with E-state index in [0.717, 1.165) is 48.7 Å². The van der Waals surface area contributed by atoms with Crippen molar-refractivity contribution in [1.29, 1.82) is 0 Å². The number of hydrogen-bond donors (Lipinski definition) is 1. The van der Waals surface area contributed by atoms with E-state index in [1.165, 1.54) is 17.8 Å². The van der Waals surface area contributed by atoms with E-state index < -0.39 is 0 Å². The number of morpholine rings is 1. The summed E-state index contributed by atoms with van der Waals surface area (Å²) in [6.45, 7) is 3.77. The molecule has 0 aliphatic carbocycles. The number of nitrogens with zero attached hydrogens (tertiary/aromatic N) is 3. The fourth-order valence-corrected chi connectivity index (χ4v) is 3.46. The average Bonchev–Trinajstić information content (AvgIpc) is 2.79. The molecule has 0 saturated carbocycles. The summed E-state index contributed by atoms with van der Waals surface area (Å²) in [5.74, 6) is 0.214. The Balaban J connectivity index is 1.37. The lowest BCUT2D eigenvalue weighted by molar-refractivity contribution is 0.122. The van der Waals surface area contributed by atoms with Crippen LogP contribution in [0, 0.1) is 5.82 Å². The monoisotopic (exact) mass is 404 g/mol. The van der Waals surface area contributed by atoms with Crippen molar-refractivity contribution in [2.24, 2.45) is 10.7 Å². The molecule has 4 rings (SSSR count). The van der Waals surface area contributed by atoms with Gasteiger partial charge in [0.1, 0.15) is 11.7 Å². The van der Waals surface area contributed by atoms with Gasteiger partial charge in [-0.1, -0.05) is 30.3 Å². The number of rotatable bonds is 6. The molecule has 1 saturated heterocycles. The summed E-state index contributed by atoms with van der Waals surface area (Å²) in [6.07, 6.45) is 2.32. The van der Waals surface area contributed by atoms with Crippen molar-refractivity contribution in [2.75, 3.05) is 31.2 Å². The van der Waals surface area contributed by atoms with Crippen molar-refractivity contribution in [3.63, 3.8) is 0 Å². The molecule has 1 fully saturated rings. The van der Waals surface area contributed by atoms with Gasteiger partial charge in [-0.05, 0) is 41.5 Å². The van der Waals surface area contributed by atoms with Gasteiger partial charge in [0.2, 0.25) is 0 Å². The number of anilines is 1. The predicted molar refractivity (Wildman–Crippen MR) is 118 cm³/mol. The molecule has 5 nitrogen and oxygen atoms in total. The highest BCUT2D eigenvalue weighted by atomic mass is 19.1. The van der Waals surface area contributed by atoms with Gasteiger partial charge in [0.05, 0.1) is 19.8 Å². The third-order valence-corrected chi connectivity index (χ3v) is 5.12. The largest absolute Gasteiger partial charge is 0.387 e. The number of aromatic nitrogens is 1. The van der Waals surface area contributed by atoms with E-state index in [-0.39, 0.29) is 5.82 Å². The molecule has 0 spiro atoms. The molecule has 0 radical (unpaired) electrons. The highest BCUT2D eigenvalue weighted by molar-refractivity contribution is 5.82. The Morgan fingerprint density at radius 1 is 1.03 bits per heavy atom. The summed E-state index contributed by atoms with van der Waals surface area (Å²) in [7, 11) is 0. The minimum Gasteiger partial charge on any atom is -0.387 e. The van der Waals surface area contributed by atoms with Gasteiger partial charge < -0.3 is 15.4 Å². The highest BCUT2D eigenvalue weighted by Crippen LogP contribution is 2.23. The maximum absolute atomic E-state index is 13.2. The average molecular weight is 404 g/mol. The van der Waals surface area contributed by atoms with E-state index in [0.29, 0.717) is 18.8 Å². The van der Waals surface area contributed by atoms with Gasteiger partial charge in [0.15, 0.2) is 0 Å². The smallest absolute Gasteiger partial charge is 0.123 e. The number of pyridine rings is 1. The maximum atomic E-state index is 13.2. The summed E-state index contributed by atoms with van der Waals surface area (Å²) in [5.41, 5.74) is 11.1. The van der Waals surface area contributed by atoms with Crippen LogP contribution >= 0.6 is 0 Å². The zero-order valence-electron chi connectivity index (χ0n) is 16.8. The van der Waals surface area contributed by atoms with Crippen molar-refractivity contribution >= 4 is 11.5 Å². The van der Waals surface area contributed by atoms with Gasteiger partial charge in [0.25, 0.3) is 0 Å². The molecule has 6 heteroatoms. The number of hydrogen-bond acceptors (Lipinski definition) is 4. The summed E-state index contributed by atoms with van der Waals surface area (Å²) in [4.78, 5) is 11.2. The third kappa shape index (κ3) is 5.21. The van der Waals surface area contributed by atoms with E-state index in [4.69, 9.17) is 10.5 Å². The molecule has 0 bridgehead atoms. The fraction of sp³-hybridized carbons (Fsp3) is 0.250. The summed E-state index contributed by atoms with van der Waals surface area (Å²) in [6, 6.07) is 18.9. The van der Waals surface area contributed by atoms with Crippen LogP contribution in [0.2, 0.25) is 0 Å². The SMILES string of the molecule is NC(Cc1ccc(-c2ccc(N3CCOCC3)cc2)cn1)=NCc1cccc(F)c1. The first-order valence-corrected chi connectivity index (χ1v) is 10.1. The van der Waals surface area contributed by atoms with Crippen molar-refractivity contribution in [3.05, 3.63) is 83.9 Å². The second-order valence-electron chi connectivity index (χ2n) is 7.30. The number of aliphatic imine (C=N–C) groups is 1. The van der Waals surface area contributed by atoms with Crippen LogP contribution in [-0.4, -0.2) is 37.1 Å². The molecule has 2 N–H and O–H groups in total. The van der Waals surface area contributed by atoms with Crippen LogP contribution in [0.25, 0.3) is 11.1 Å². The van der Waals surface area contributed by atoms with Gasteiger partial charge in [0, 0.05) is 42.7 Å². The minimum absolute atomic E-state index is 0.267. The van der Waals surface area contributed by atoms with Crippen LogP contribution in [0.1, 0.15) is 11.3 Å². The second kappa shape index (κ2) is 9.50. The molecule has 0 amide bonds. The first-order valence-electron chi connectivity index (χ1n) is 10.1. The van der Waals surface area contributed by atoms with E-state index in [9.17, 15) is 4.39 Å². The Kier molecular flexibility index (Phi) is 6.35. The van der Waals surface area contributed by atoms with Crippen molar-refractivity contribution in [2.45, 2.75) is 13.0 Å². The van der Waals surface area contributed by atoms with E-state index in [1.807, 2.05) is 24.4 Å². The molecule has 0 atom stereocenters. The van der Waals surface area contributed by atoms with Gasteiger partial charge in [-0.15, -0.1) is 0 Å². The van der Waals surface area contributed by atoms with Gasteiger partial charge >= 0.3 is 0 Å². The molecule has 3 aromatic rings. The third-order valence-electron chi connectivity index (χ3n) is 5.12. The fourth-order valence-electron chi connectivity index (χ4n) is 3.46. The lowest BCUT2D eigenvalue weighted by Crippen LogP contribution is -2.36. The molecular formula is C24H25FN4O. The molecule has 1 aromatic heterocycles. The Bertz CT molecular complexity index is 996. The molecule has 1 aliphatic rings. The first kappa shape index (κ1) is 20.0. The van der Waals surface area contributed by atoms with Crippen LogP contribution in [0.5, 0.6) is 0 Å². The Labute approximate surface area is 176 Å². The molecule has 2 heterocycles. The molecule has 154 valence electrons. The lowest BCUT2D eigenvalue weighted by Gasteiger charge is -2.28. The first-order chi connectivity index (χ1) is 14.7. The van der Waals surface area contributed by atoms with Crippen LogP contribution in [0.3, 0.4) is 0 Å². The molecule has 1 aliphatic heterocycles. The van der Waals surface area contributed by atoms with Crippen LogP contribution in [0.15, 0.2) is 71.9 Å². The van der Waals surface area contributed by atoms with E-state index in [2.05, 4.69) is 39.1 Å². The molecular weight excluding hydrogens is 379 g/mol. The van der Waals surface area contributed by atoms with Crippen LogP contribution < -0.4 is 10.6 Å². The van der Waals surface area contributed by atoms with E-state index >= 15 is 0 Å². The Morgan fingerprint density at radius 2 is 1.80 bits per heavy atom. The normalized spacial score (nSPS) is 14.7. The zero-order chi connectivity index (χ0) is 20.8. The van der Waals surface area contributed by atoms with E-state index in [1.54, 1.807) is 6.07 Å². The van der Waals surface area contributed by atoms with Crippen molar-refractivity contribution < 1.29 is 9.13 Å². The van der Waals surface area contributed by atoms with Crippen LogP contribution in [-0.2, 0) is 17.7 Å². The topological polar surface area (TPSA) is 63.7 Å². The molecule has 30 heavy (non-hydrogen) atoms. The Morgan fingerprint density at radius 3 is 2.50 bits per heavy atom. The maximum Gasteiger partial charge on any atom is 0.123 e. The van der Waals surface area contributed by atoms with Crippen molar-refractivity contribution in [3.8, 4) is 11.1 Å². The zero-order valence-corrected chi connectivity index (χ0v) is 16.8. The number of amidine groups is 1. The number of halogens is 1. The lowest BCUT2D eigenvalue weighted by atomic mass is 10.1. The number of benzene rings is 2. The van der Waals surface area contributed by atoms with Crippen molar-refractivity contribution in [1.82, 2.24) is 4.98 Å². The van der Waals surface area contributed by atoms with Crippen LogP contribution in [0.4, 0.5) is 10.1 Å². The minimum atomic E-state index is -0.267. The number of ether oxygens (including phenoxy) is 1. The summed E-state index contributed by atoms with van der Waals surface area (Å²) in [5, 5.41) is 0. The predicted octanol–water partition coefficient (Wildman–Crippen LogP) is 3.82. The van der Waals surface area contributed by atoms with Gasteiger partial charge in [-0.25, -0.2) is 4.39 Å². The van der Waals surface area contributed by atoms with Gasteiger partial charge in [-0.2, -0.15) is 0 Å². The summed E-state index contributed by atoms with van der Waals surface area (Å²) < 4.78 is 18.6. The van der Waals surface area contributed by atoms with Gasteiger partial charge in [-0.3, -0.25) is 9.98 Å². The molecule has 0 unspecified atom stereocenters. The highest BCUT2D eigenvalue weighted by Gasteiger charge is 2.11. The standard InChI is InChI=1S/C24H25FN4O/c25-21-3-1-2-18(14-21)16-28-24(26)15-22-7-4-20(17-27-22)19-5-8-23(9-6-19)29-10-12-30-13-11-29/h1-9,14,17H,10-13,15-16H2,(H2,26,28). The summed E-state index contributed by atoms with van der Waals surface area (Å²) >= 11 is 0.